The normalized spacial score (nSPS) is 18.1. The van der Waals surface area contributed by atoms with Gasteiger partial charge in [0.25, 0.3) is 5.91 Å². The van der Waals surface area contributed by atoms with E-state index in [1.807, 2.05) is 0 Å². The number of amides is 1. The summed E-state index contributed by atoms with van der Waals surface area (Å²) >= 11 is 0. The third kappa shape index (κ3) is 4.26. The number of ether oxygens (including phenoxy) is 1. The molecule has 27 heavy (non-hydrogen) atoms. The molecule has 2 N–H and O–H groups in total. The molecule has 0 aliphatic carbocycles. The number of nitrogens with one attached hydrogen (secondary N) is 1. The molecule has 1 fully saturated rings. The van der Waals surface area contributed by atoms with Crippen LogP contribution < -0.4 is 10.2 Å². The van der Waals surface area contributed by atoms with Crippen LogP contribution in [0.25, 0.3) is 0 Å². The van der Waals surface area contributed by atoms with Gasteiger partial charge in [-0.1, -0.05) is 6.42 Å². The lowest BCUT2D eigenvalue weighted by molar-refractivity contribution is -0.134. The van der Waals surface area contributed by atoms with E-state index in [4.69, 9.17) is 9.94 Å². The Kier molecular flexibility index (Phi) is 5.73. The van der Waals surface area contributed by atoms with Crippen molar-refractivity contribution in [2.45, 2.75) is 30.2 Å². The predicted octanol–water partition coefficient (Wildman–Crippen LogP) is 2.67. The molecule has 0 bridgehead atoms. The number of piperidine rings is 1. The van der Waals surface area contributed by atoms with Crippen molar-refractivity contribution in [3.63, 3.8) is 0 Å². The first-order chi connectivity index (χ1) is 12.9. The minimum atomic E-state index is -3.91. The Morgan fingerprint density at radius 1 is 1.07 bits per heavy atom. The zero-order chi connectivity index (χ0) is 19.4. The lowest BCUT2D eigenvalue weighted by Gasteiger charge is -2.33. The largest absolute Gasteiger partial charge is 0.457 e. The monoisotopic (exact) mass is 394 g/mol. The molecule has 144 valence electrons. The first-order valence-corrected chi connectivity index (χ1v) is 9.85. The van der Waals surface area contributed by atoms with Gasteiger partial charge in [0.15, 0.2) is 0 Å². The van der Waals surface area contributed by atoms with Crippen LogP contribution in [0, 0.1) is 5.82 Å². The summed E-state index contributed by atoms with van der Waals surface area (Å²) in [6.45, 7) is 0.203. The van der Waals surface area contributed by atoms with E-state index in [1.165, 1.54) is 54.0 Å². The standard InChI is InChI=1S/C18H19FN2O5S/c19-13-4-6-14(7-5-13)26-15-8-10-16(11-9-15)27(24,25)21-12-2-1-3-17(21)18(22)20-23/h4-11,17,23H,1-3,12H2,(H,20,22)/t17-/m1/s1. The van der Waals surface area contributed by atoms with Gasteiger partial charge < -0.3 is 4.74 Å². The van der Waals surface area contributed by atoms with E-state index >= 15 is 0 Å². The SMILES string of the molecule is O=C(NO)[C@H]1CCCCN1S(=O)(=O)c1ccc(Oc2ccc(F)cc2)cc1. The fourth-order valence-electron chi connectivity index (χ4n) is 2.98. The molecule has 7 nitrogen and oxygen atoms in total. The van der Waals surface area contributed by atoms with E-state index in [0.717, 1.165) is 4.31 Å². The summed E-state index contributed by atoms with van der Waals surface area (Å²) in [4.78, 5) is 11.8. The van der Waals surface area contributed by atoms with Gasteiger partial charge in [-0.05, 0) is 61.4 Å². The van der Waals surface area contributed by atoms with Crippen LogP contribution in [0.2, 0.25) is 0 Å². The summed E-state index contributed by atoms with van der Waals surface area (Å²) < 4.78 is 45.4. The number of hydroxylamine groups is 1. The zero-order valence-electron chi connectivity index (χ0n) is 14.3. The number of carbonyl (C=O) groups excluding carboxylic acids is 1. The molecule has 0 unspecified atom stereocenters. The Morgan fingerprint density at radius 3 is 2.26 bits per heavy atom. The van der Waals surface area contributed by atoms with E-state index in [-0.39, 0.29) is 17.3 Å². The summed E-state index contributed by atoms with van der Waals surface area (Å²) in [5.41, 5.74) is 1.54. The average molecular weight is 394 g/mol. The van der Waals surface area contributed by atoms with Crippen molar-refractivity contribution in [1.82, 2.24) is 9.79 Å². The number of sulfonamides is 1. The van der Waals surface area contributed by atoms with E-state index in [0.29, 0.717) is 30.8 Å². The fourth-order valence-corrected chi connectivity index (χ4v) is 4.64. The van der Waals surface area contributed by atoms with Crippen LogP contribution in [-0.4, -0.2) is 36.4 Å². The van der Waals surface area contributed by atoms with Crippen LogP contribution in [-0.2, 0) is 14.8 Å². The van der Waals surface area contributed by atoms with E-state index in [2.05, 4.69) is 0 Å². The van der Waals surface area contributed by atoms with E-state index in [9.17, 15) is 17.6 Å². The van der Waals surface area contributed by atoms with Gasteiger partial charge in [-0.2, -0.15) is 4.31 Å². The predicted molar refractivity (Wildman–Crippen MR) is 94.4 cm³/mol. The van der Waals surface area contributed by atoms with Gasteiger partial charge in [0.05, 0.1) is 4.90 Å². The number of carbonyl (C=O) groups is 1. The van der Waals surface area contributed by atoms with Gasteiger partial charge in [-0.15, -0.1) is 0 Å². The first kappa shape index (κ1) is 19.3. The molecule has 1 aliphatic heterocycles. The van der Waals surface area contributed by atoms with Crippen LogP contribution in [0.4, 0.5) is 4.39 Å². The maximum Gasteiger partial charge on any atom is 0.261 e. The summed E-state index contributed by atoms with van der Waals surface area (Å²) in [7, 11) is -3.91. The highest BCUT2D eigenvalue weighted by Gasteiger charge is 2.37. The molecular formula is C18H19FN2O5S. The molecule has 0 saturated carbocycles. The van der Waals surface area contributed by atoms with Gasteiger partial charge >= 0.3 is 0 Å². The number of benzene rings is 2. The molecule has 3 rings (SSSR count). The van der Waals surface area contributed by atoms with Crippen LogP contribution in [0.15, 0.2) is 53.4 Å². The highest BCUT2D eigenvalue weighted by Crippen LogP contribution is 2.28. The number of halogens is 1. The van der Waals surface area contributed by atoms with Crippen molar-refractivity contribution in [3.8, 4) is 11.5 Å². The van der Waals surface area contributed by atoms with Crippen molar-refractivity contribution >= 4 is 15.9 Å². The molecule has 2 aromatic carbocycles. The molecule has 9 heteroatoms. The number of hydrogen-bond donors (Lipinski definition) is 2. The van der Waals surface area contributed by atoms with Gasteiger partial charge in [0.2, 0.25) is 10.0 Å². The third-order valence-corrected chi connectivity index (χ3v) is 6.27. The molecule has 0 spiro atoms. The van der Waals surface area contributed by atoms with Gasteiger partial charge in [-0.3, -0.25) is 10.0 Å². The highest BCUT2D eigenvalue weighted by molar-refractivity contribution is 7.89. The lowest BCUT2D eigenvalue weighted by Crippen LogP contribution is -2.51. The topological polar surface area (TPSA) is 95.9 Å². The van der Waals surface area contributed by atoms with Crippen molar-refractivity contribution in [1.29, 1.82) is 0 Å². The molecule has 1 atom stereocenters. The number of hydrogen-bond acceptors (Lipinski definition) is 5. The summed E-state index contributed by atoms with van der Waals surface area (Å²) in [6.07, 6.45) is 1.69. The van der Waals surface area contributed by atoms with Crippen molar-refractivity contribution in [3.05, 3.63) is 54.3 Å². The fraction of sp³-hybridized carbons (Fsp3) is 0.278. The lowest BCUT2D eigenvalue weighted by atomic mass is 10.0. The average Bonchev–Trinajstić information content (AvgIpc) is 2.69. The quantitative estimate of drug-likeness (QED) is 0.600. The number of nitrogens with zero attached hydrogens (tertiary/aromatic N) is 1. The smallest absolute Gasteiger partial charge is 0.261 e. The Hall–Kier alpha value is -2.49. The van der Waals surface area contributed by atoms with E-state index in [1.54, 1.807) is 0 Å². The van der Waals surface area contributed by atoms with Crippen molar-refractivity contribution < 1.29 is 27.5 Å². The second-order valence-corrected chi connectivity index (χ2v) is 8.02. The maximum atomic E-state index is 12.9. The zero-order valence-corrected chi connectivity index (χ0v) is 15.2. The second-order valence-electron chi connectivity index (χ2n) is 6.13. The van der Waals surface area contributed by atoms with Crippen LogP contribution in [0.5, 0.6) is 11.5 Å². The summed E-state index contributed by atoms with van der Waals surface area (Å²) in [5, 5.41) is 8.87. The number of rotatable bonds is 5. The molecule has 1 amide bonds. The molecule has 0 radical (unpaired) electrons. The van der Waals surface area contributed by atoms with Crippen molar-refractivity contribution in [2.75, 3.05) is 6.54 Å². The molecule has 0 aromatic heterocycles. The van der Waals surface area contributed by atoms with Crippen LogP contribution >= 0.6 is 0 Å². The molecule has 1 heterocycles. The van der Waals surface area contributed by atoms with E-state index < -0.39 is 22.0 Å². The summed E-state index contributed by atoms with van der Waals surface area (Å²) in [5.74, 6) is -0.312. The van der Waals surface area contributed by atoms with Gasteiger partial charge in [0.1, 0.15) is 23.4 Å². The Bertz CT molecular complexity index is 900. The van der Waals surface area contributed by atoms with Gasteiger partial charge in [0, 0.05) is 6.54 Å². The minimum absolute atomic E-state index is 0.0200. The molecule has 1 aliphatic rings. The maximum absolute atomic E-state index is 12.9. The Morgan fingerprint density at radius 2 is 1.67 bits per heavy atom. The minimum Gasteiger partial charge on any atom is -0.457 e. The van der Waals surface area contributed by atoms with Gasteiger partial charge in [-0.25, -0.2) is 18.3 Å². The molecule has 2 aromatic rings. The molecular weight excluding hydrogens is 375 g/mol. The molecule has 1 saturated heterocycles. The van der Waals surface area contributed by atoms with Crippen molar-refractivity contribution in [2.24, 2.45) is 0 Å². The second kappa shape index (κ2) is 8.03. The summed E-state index contributed by atoms with van der Waals surface area (Å²) in [6, 6.07) is 10.3. The van der Waals surface area contributed by atoms with Crippen LogP contribution in [0.1, 0.15) is 19.3 Å². The Balaban J connectivity index is 1.80. The third-order valence-electron chi connectivity index (χ3n) is 4.35. The highest BCUT2D eigenvalue weighted by atomic mass is 32.2. The van der Waals surface area contributed by atoms with Crippen LogP contribution in [0.3, 0.4) is 0 Å². The Labute approximate surface area is 156 Å². The first-order valence-electron chi connectivity index (χ1n) is 8.41.